The molecule has 0 aromatic carbocycles. The number of fused-ring (bicyclic) bond motifs is 1. The first kappa shape index (κ1) is 21.9. The lowest BCUT2D eigenvalue weighted by atomic mass is 10.0. The summed E-state index contributed by atoms with van der Waals surface area (Å²) in [6.07, 6.45) is -0.0950. The van der Waals surface area contributed by atoms with Crippen LogP contribution in [-0.4, -0.2) is 58.7 Å². The number of hydrogen-bond acceptors (Lipinski definition) is 5. The largest absolute Gasteiger partial charge is 0.417 e. The van der Waals surface area contributed by atoms with Crippen molar-refractivity contribution in [3.63, 3.8) is 0 Å². The van der Waals surface area contributed by atoms with Crippen LogP contribution >= 0.6 is 0 Å². The van der Waals surface area contributed by atoms with Gasteiger partial charge >= 0.3 is 6.18 Å². The minimum atomic E-state index is -4.44. The Balaban J connectivity index is 1.34. The third-order valence-electron chi connectivity index (χ3n) is 7.27. The SMILES string of the molecule is CC(C)n1nc(-c2cncc(C(F)(F)F)c2)cc1[C@H]1[C@@H]2C[C@@H](N3CCS(=O)(=O)CC3)C[C@@H]21. The third kappa shape index (κ3) is 3.96. The fourth-order valence-corrected chi connectivity index (χ4v) is 6.82. The molecule has 32 heavy (non-hydrogen) atoms. The third-order valence-corrected chi connectivity index (χ3v) is 8.88. The normalized spacial score (nSPS) is 29.9. The van der Waals surface area contributed by atoms with E-state index >= 15 is 0 Å². The van der Waals surface area contributed by atoms with Crippen molar-refractivity contribution in [2.75, 3.05) is 24.6 Å². The number of aromatic nitrogens is 3. The summed E-state index contributed by atoms with van der Waals surface area (Å²) >= 11 is 0. The molecule has 3 heterocycles. The molecule has 10 heteroatoms. The highest BCUT2D eigenvalue weighted by atomic mass is 32.2. The van der Waals surface area contributed by atoms with Crippen molar-refractivity contribution in [2.24, 2.45) is 11.8 Å². The number of nitrogens with zero attached hydrogens (tertiary/aromatic N) is 4. The van der Waals surface area contributed by atoms with Gasteiger partial charge in [0.15, 0.2) is 9.84 Å². The number of halogens is 3. The van der Waals surface area contributed by atoms with Crippen LogP contribution in [0.5, 0.6) is 0 Å². The molecular weight excluding hydrogens is 441 g/mol. The van der Waals surface area contributed by atoms with Gasteiger partial charge in [-0.3, -0.25) is 14.6 Å². The second kappa shape index (κ2) is 7.55. The molecule has 1 aliphatic heterocycles. The quantitative estimate of drug-likeness (QED) is 0.684. The first-order chi connectivity index (χ1) is 15.0. The highest BCUT2D eigenvalue weighted by Crippen LogP contribution is 2.64. The number of sulfone groups is 1. The molecule has 0 amide bonds. The van der Waals surface area contributed by atoms with E-state index in [1.165, 1.54) is 6.20 Å². The lowest BCUT2D eigenvalue weighted by molar-refractivity contribution is -0.137. The minimum absolute atomic E-state index is 0.0990. The van der Waals surface area contributed by atoms with Gasteiger partial charge in [0.2, 0.25) is 0 Å². The van der Waals surface area contributed by atoms with E-state index in [9.17, 15) is 21.6 Å². The van der Waals surface area contributed by atoms with Crippen LogP contribution in [0.25, 0.3) is 11.3 Å². The van der Waals surface area contributed by atoms with Crippen LogP contribution in [0.1, 0.15) is 49.9 Å². The van der Waals surface area contributed by atoms with Gasteiger partial charge in [0, 0.05) is 54.7 Å². The summed E-state index contributed by atoms with van der Waals surface area (Å²) in [6.45, 7) is 5.29. The summed E-state index contributed by atoms with van der Waals surface area (Å²) in [4.78, 5) is 6.11. The summed E-state index contributed by atoms with van der Waals surface area (Å²) in [5.74, 6) is 1.91. The number of pyridine rings is 1. The fraction of sp³-hybridized carbons (Fsp3) is 0.636. The van der Waals surface area contributed by atoms with Crippen molar-refractivity contribution in [1.82, 2.24) is 19.7 Å². The van der Waals surface area contributed by atoms with E-state index in [2.05, 4.69) is 15.0 Å². The molecule has 4 atom stereocenters. The highest BCUT2D eigenvalue weighted by molar-refractivity contribution is 7.91. The predicted molar refractivity (Wildman–Crippen MR) is 114 cm³/mol. The minimum Gasteiger partial charge on any atom is -0.298 e. The fourth-order valence-electron chi connectivity index (χ4n) is 5.59. The van der Waals surface area contributed by atoms with Gasteiger partial charge in [-0.2, -0.15) is 18.3 Å². The molecule has 3 aliphatic rings. The molecule has 2 aromatic heterocycles. The van der Waals surface area contributed by atoms with Gasteiger partial charge in [-0.05, 0) is 50.7 Å². The molecule has 2 aliphatic carbocycles. The van der Waals surface area contributed by atoms with E-state index in [1.54, 1.807) is 0 Å². The highest BCUT2D eigenvalue weighted by Gasteiger charge is 2.58. The van der Waals surface area contributed by atoms with Crippen molar-refractivity contribution in [1.29, 1.82) is 0 Å². The Morgan fingerprint density at radius 1 is 1.06 bits per heavy atom. The second-order valence-electron chi connectivity index (χ2n) is 9.62. The standard InChI is InChI=1S/C22H27F3N4O2S/c1-13(2)29-20(10-19(27-29)14-7-15(12-26-11-14)22(23,24)25)21-17-8-16(9-18(17)21)28-3-5-32(30,31)6-4-28/h7,10-13,16-18,21H,3-6,8-9H2,1-2H3/t16-,17-,18+,21+. The molecular formula is C22H27F3N4O2S. The Hall–Kier alpha value is -1.94. The molecule has 3 fully saturated rings. The van der Waals surface area contributed by atoms with Crippen LogP contribution in [0.3, 0.4) is 0 Å². The number of alkyl halides is 3. The first-order valence-corrected chi connectivity index (χ1v) is 12.9. The number of hydrogen-bond donors (Lipinski definition) is 0. The summed E-state index contributed by atoms with van der Waals surface area (Å²) in [5.41, 5.74) is 1.21. The average Bonchev–Trinajstić information content (AvgIpc) is 3.08. The zero-order valence-electron chi connectivity index (χ0n) is 18.1. The van der Waals surface area contributed by atoms with Crippen LogP contribution < -0.4 is 0 Å². The van der Waals surface area contributed by atoms with Crippen molar-refractivity contribution in [3.05, 3.63) is 35.8 Å². The Morgan fingerprint density at radius 2 is 1.72 bits per heavy atom. The molecule has 0 bridgehead atoms. The average molecular weight is 469 g/mol. The molecule has 0 spiro atoms. The maximum atomic E-state index is 13.1. The van der Waals surface area contributed by atoms with E-state index in [0.717, 1.165) is 30.8 Å². The lowest BCUT2D eigenvalue weighted by Crippen LogP contribution is -2.45. The maximum absolute atomic E-state index is 13.1. The molecule has 174 valence electrons. The smallest absolute Gasteiger partial charge is 0.298 e. The zero-order chi connectivity index (χ0) is 22.8. The van der Waals surface area contributed by atoms with E-state index in [-0.39, 0.29) is 17.5 Å². The van der Waals surface area contributed by atoms with Gasteiger partial charge in [0.25, 0.3) is 0 Å². The summed E-state index contributed by atoms with van der Waals surface area (Å²) in [6, 6.07) is 3.57. The molecule has 0 N–H and O–H groups in total. The van der Waals surface area contributed by atoms with Gasteiger partial charge in [0.05, 0.1) is 22.8 Å². The van der Waals surface area contributed by atoms with Gasteiger partial charge in [-0.25, -0.2) is 8.42 Å². The van der Waals surface area contributed by atoms with Gasteiger partial charge in [0.1, 0.15) is 0 Å². The van der Waals surface area contributed by atoms with Crippen LogP contribution in [0.15, 0.2) is 24.5 Å². The summed E-state index contributed by atoms with van der Waals surface area (Å²) in [5, 5.41) is 4.65. The topological polar surface area (TPSA) is 68.1 Å². The Labute approximate surface area is 185 Å². The molecule has 2 aromatic rings. The zero-order valence-corrected chi connectivity index (χ0v) is 18.9. The molecule has 5 rings (SSSR count). The second-order valence-corrected chi connectivity index (χ2v) is 11.9. The van der Waals surface area contributed by atoms with Crippen molar-refractivity contribution in [2.45, 2.75) is 50.9 Å². The predicted octanol–water partition coefficient (Wildman–Crippen LogP) is 3.77. The van der Waals surface area contributed by atoms with E-state index in [1.807, 2.05) is 24.6 Å². The van der Waals surface area contributed by atoms with E-state index in [4.69, 9.17) is 0 Å². The Morgan fingerprint density at radius 3 is 2.31 bits per heavy atom. The van der Waals surface area contributed by atoms with Crippen LogP contribution in [0.4, 0.5) is 13.2 Å². The Bertz CT molecular complexity index is 1100. The Kier molecular flexibility index (Phi) is 5.16. The summed E-state index contributed by atoms with van der Waals surface area (Å²) < 4.78 is 64.7. The summed E-state index contributed by atoms with van der Waals surface area (Å²) in [7, 11) is -2.88. The van der Waals surface area contributed by atoms with Crippen molar-refractivity contribution >= 4 is 9.84 Å². The molecule has 2 saturated carbocycles. The van der Waals surface area contributed by atoms with Gasteiger partial charge in [-0.1, -0.05) is 0 Å². The monoisotopic (exact) mass is 468 g/mol. The molecule has 6 nitrogen and oxygen atoms in total. The van der Waals surface area contributed by atoms with Crippen molar-refractivity contribution in [3.8, 4) is 11.3 Å². The van der Waals surface area contributed by atoms with Crippen LogP contribution in [0.2, 0.25) is 0 Å². The van der Waals surface area contributed by atoms with Gasteiger partial charge in [-0.15, -0.1) is 0 Å². The van der Waals surface area contributed by atoms with Crippen LogP contribution in [0, 0.1) is 11.8 Å². The van der Waals surface area contributed by atoms with Crippen molar-refractivity contribution < 1.29 is 21.6 Å². The molecule has 1 saturated heterocycles. The van der Waals surface area contributed by atoms with E-state index in [0.29, 0.717) is 48.1 Å². The maximum Gasteiger partial charge on any atom is 0.417 e. The van der Waals surface area contributed by atoms with E-state index < -0.39 is 21.6 Å². The first-order valence-electron chi connectivity index (χ1n) is 11.1. The van der Waals surface area contributed by atoms with Gasteiger partial charge < -0.3 is 0 Å². The lowest BCUT2D eigenvalue weighted by Gasteiger charge is -2.33. The number of rotatable bonds is 4. The molecule has 0 unspecified atom stereocenters. The molecule has 0 radical (unpaired) electrons. The van der Waals surface area contributed by atoms with Crippen LogP contribution in [-0.2, 0) is 16.0 Å².